The third kappa shape index (κ3) is 1.96. The van der Waals surface area contributed by atoms with Gasteiger partial charge in [0.1, 0.15) is 11.2 Å². The van der Waals surface area contributed by atoms with Gasteiger partial charge in [-0.2, -0.15) is 8.42 Å². The number of carbonyl (C=O) groups excluding carboxylic acids is 2. The van der Waals surface area contributed by atoms with Crippen LogP contribution in [0.15, 0.2) is 24.3 Å². The molecule has 1 aliphatic heterocycles. The van der Waals surface area contributed by atoms with E-state index >= 15 is 0 Å². The second kappa shape index (κ2) is 5.10. The Balaban J connectivity index is 1.70. The molecule has 4 aliphatic carbocycles. The van der Waals surface area contributed by atoms with Gasteiger partial charge in [0.15, 0.2) is 0 Å². The maximum absolute atomic E-state index is 12.8. The summed E-state index contributed by atoms with van der Waals surface area (Å²) in [5, 5.41) is -0.485. The predicted octanol–water partition coefficient (Wildman–Crippen LogP) is 2.72. The third-order valence-corrected chi connectivity index (χ3v) is 9.08. The highest BCUT2D eigenvalue weighted by Gasteiger charge is 2.82. The van der Waals surface area contributed by atoms with E-state index in [1.54, 1.807) is 0 Å². The molecule has 28 heavy (non-hydrogen) atoms. The largest absolute Gasteiger partial charge is 0.457 e. The van der Waals surface area contributed by atoms with Crippen LogP contribution in [0.3, 0.4) is 0 Å². The lowest BCUT2D eigenvalue weighted by Gasteiger charge is -2.46. The van der Waals surface area contributed by atoms with E-state index in [4.69, 9.17) is 20.5 Å². The summed E-state index contributed by atoms with van der Waals surface area (Å²) in [6.07, 6.45) is 7.33. The highest BCUT2D eigenvalue weighted by atomic mass is 35.5. The van der Waals surface area contributed by atoms with Gasteiger partial charge in [0.2, 0.25) is 5.24 Å². The summed E-state index contributed by atoms with van der Waals surface area (Å²) in [6.45, 7) is 5.97. The average molecular weight is 427 g/mol. The topological polar surface area (TPSA) is 86.7 Å². The van der Waals surface area contributed by atoms with Gasteiger partial charge in [-0.25, -0.2) is 0 Å². The Morgan fingerprint density at radius 2 is 2.14 bits per heavy atom. The fourth-order valence-corrected chi connectivity index (χ4v) is 8.78. The molecule has 5 rings (SSSR count). The third-order valence-electron chi connectivity index (χ3n) is 8.23. The first-order valence-electron chi connectivity index (χ1n) is 9.60. The van der Waals surface area contributed by atoms with Crippen LogP contribution in [0, 0.1) is 28.6 Å². The molecule has 4 fully saturated rings. The first kappa shape index (κ1) is 18.8. The standard InChI is InChI=1S/C20H23ClO6S/c1-11-9-18-10-19(11,27-28(3,24)25)8-5-12(18)20-7-4-6-17(2,16(23)26-20)14(20)13(18)15(21)22/h4,6,12-14H,1,5,7-10H2,2-3H3/t12-,13-,14-,17-,18+,19+,20-/m1/s1. The number of rotatable bonds is 3. The summed E-state index contributed by atoms with van der Waals surface area (Å²) in [7, 11) is -3.71. The number of halogens is 1. The SMILES string of the molecule is C=C1C[C@]23C[C@@]1(OS(C)(=O)=O)CC[C@H]2[C@@]12CC=C[C@@](C)(C(=O)O1)[C@H]2[C@@H]3C(=O)Cl. The van der Waals surface area contributed by atoms with E-state index in [0.29, 0.717) is 37.7 Å². The number of hydrogen-bond acceptors (Lipinski definition) is 6. The molecule has 0 radical (unpaired) electrons. The zero-order valence-corrected chi connectivity index (χ0v) is 17.4. The molecule has 7 atom stereocenters. The van der Waals surface area contributed by atoms with E-state index in [2.05, 4.69) is 6.58 Å². The lowest BCUT2D eigenvalue weighted by atomic mass is 9.62. The summed E-state index contributed by atoms with van der Waals surface area (Å²) in [6, 6.07) is 0. The zero-order chi connectivity index (χ0) is 20.3. The minimum absolute atomic E-state index is 0.0797. The highest BCUT2D eigenvalue weighted by molar-refractivity contribution is 7.86. The van der Waals surface area contributed by atoms with E-state index in [0.717, 1.165) is 6.26 Å². The maximum atomic E-state index is 12.8. The lowest BCUT2D eigenvalue weighted by Crippen LogP contribution is -2.48. The Bertz CT molecular complexity index is 971. The minimum Gasteiger partial charge on any atom is -0.457 e. The van der Waals surface area contributed by atoms with Crippen LogP contribution >= 0.6 is 11.6 Å². The number of hydrogen-bond donors (Lipinski definition) is 0. The summed E-state index contributed by atoms with van der Waals surface area (Å²) in [4.78, 5) is 25.6. The van der Waals surface area contributed by atoms with Crippen LogP contribution in [-0.2, 0) is 28.6 Å². The molecule has 6 nitrogen and oxygen atoms in total. The van der Waals surface area contributed by atoms with Gasteiger partial charge in [0.05, 0.1) is 11.7 Å². The van der Waals surface area contributed by atoms with Gasteiger partial charge in [0, 0.05) is 24.2 Å². The van der Waals surface area contributed by atoms with Crippen molar-refractivity contribution in [3.8, 4) is 0 Å². The van der Waals surface area contributed by atoms with Gasteiger partial charge in [-0.1, -0.05) is 18.7 Å². The fourth-order valence-electron chi connectivity index (χ4n) is 7.60. The highest BCUT2D eigenvalue weighted by Crippen LogP contribution is 2.78. The summed E-state index contributed by atoms with van der Waals surface area (Å²) in [5.74, 6) is -1.34. The van der Waals surface area contributed by atoms with Crippen LogP contribution in [-0.4, -0.2) is 37.1 Å². The lowest BCUT2D eigenvalue weighted by molar-refractivity contribution is -0.160. The predicted molar refractivity (Wildman–Crippen MR) is 101 cm³/mol. The first-order valence-corrected chi connectivity index (χ1v) is 11.8. The smallest absolute Gasteiger partial charge is 0.316 e. The second-order valence-corrected chi connectivity index (χ2v) is 11.5. The number of ether oxygens (including phenoxy) is 1. The van der Waals surface area contributed by atoms with Crippen LogP contribution in [0.25, 0.3) is 0 Å². The van der Waals surface area contributed by atoms with E-state index in [1.165, 1.54) is 0 Å². The zero-order valence-electron chi connectivity index (χ0n) is 15.9. The molecule has 5 aliphatic rings. The Morgan fingerprint density at radius 3 is 2.79 bits per heavy atom. The monoisotopic (exact) mass is 426 g/mol. The van der Waals surface area contributed by atoms with Crippen molar-refractivity contribution in [2.24, 2.45) is 28.6 Å². The van der Waals surface area contributed by atoms with E-state index in [-0.39, 0.29) is 17.8 Å². The first-order chi connectivity index (χ1) is 12.9. The van der Waals surface area contributed by atoms with Gasteiger partial charge >= 0.3 is 5.97 Å². The van der Waals surface area contributed by atoms with Crippen molar-refractivity contribution in [1.82, 2.24) is 0 Å². The normalized spacial score (nSPS) is 51.0. The van der Waals surface area contributed by atoms with Gasteiger partial charge in [0.25, 0.3) is 10.1 Å². The quantitative estimate of drug-likeness (QED) is 0.298. The summed E-state index contributed by atoms with van der Waals surface area (Å²) < 4.78 is 35.6. The van der Waals surface area contributed by atoms with Crippen molar-refractivity contribution in [3.63, 3.8) is 0 Å². The second-order valence-electron chi connectivity index (χ2n) is 9.56. The maximum Gasteiger partial charge on any atom is 0.316 e. The van der Waals surface area contributed by atoms with Crippen molar-refractivity contribution in [2.75, 3.05) is 6.26 Å². The van der Waals surface area contributed by atoms with Crippen LogP contribution in [0.2, 0.25) is 0 Å². The number of carbonyl (C=O) groups is 2. The molecule has 0 unspecified atom stereocenters. The molecule has 0 aromatic heterocycles. The van der Waals surface area contributed by atoms with Crippen LogP contribution in [0.4, 0.5) is 0 Å². The Hall–Kier alpha value is -1.18. The molecular formula is C20H23ClO6S. The molecule has 1 heterocycles. The molecule has 152 valence electrons. The van der Waals surface area contributed by atoms with Crippen molar-refractivity contribution in [3.05, 3.63) is 24.3 Å². The fraction of sp³-hybridized carbons (Fsp3) is 0.700. The molecule has 0 aromatic rings. The van der Waals surface area contributed by atoms with Gasteiger partial charge in [-0.3, -0.25) is 13.8 Å². The molecular weight excluding hydrogens is 404 g/mol. The van der Waals surface area contributed by atoms with Gasteiger partial charge in [-0.05, 0) is 55.2 Å². The van der Waals surface area contributed by atoms with Crippen LogP contribution in [0.1, 0.15) is 39.0 Å². The molecule has 1 saturated heterocycles. The molecule has 0 aromatic carbocycles. The van der Waals surface area contributed by atoms with Gasteiger partial charge in [-0.15, -0.1) is 0 Å². The van der Waals surface area contributed by atoms with Crippen molar-refractivity contribution in [1.29, 1.82) is 0 Å². The van der Waals surface area contributed by atoms with Crippen LogP contribution in [0.5, 0.6) is 0 Å². The van der Waals surface area contributed by atoms with Crippen molar-refractivity contribution >= 4 is 32.9 Å². The molecule has 1 spiro atoms. The molecule has 8 heteroatoms. The van der Waals surface area contributed by atoms with Crippen molar-refractivity contribution < 1.29 is 26.9 Å². The van der Waals surface area contributed by atoms with E-state index < -0.39 is 43.3 Å². The van der Waals surface area contributed by atoms with Gasteiger partial charge < -0.3 is 4.74 Å². The molecule has 3 saturated carbocycles. The summed E-state index contributed by atoms with van der Waals surface area (Å²) in [5.41, 5.74) is -2.58. The number of esters is 1. The molecule has 4 bridgehead atoms. The molecule has 0 amide bonds. The van der Waals surface area contributed by atoms with Crippen LogP contribution < -0.4 is 0 Å². The number of fused-ring (bicyclic) bond motifs is 1. The van der Waals surface area contributed by atoms with E-state index in [1.807, 2.05) is 19.1 Å². The summed E-state index contributed by atoms with van der Waals surface area (Å²) >= 11 is 6.18. The minimum atomic E-state index is -3.71. The Kier molecular flexibility index (Phi) is 3.43. The Labute approximate surface area is 169 Å². The molecule has 0 N–H and O–H groups in total. The van der Waals surface area contributed by atoms with E-state index in [9.17, 15) is 18.0 Å². The van der Waals surface area contributed by atoms with Crippen molar-refractivity contribution in [2.45, 2.75) is 50.2 Å². The average Bonchev–Trinajstić information content (AvgIpc) is 2.95. The Morgan fingerprint density at radius 1 is 1.43 bits per heavy atom.